The number of carbonyl (C=O) groups excluding carboxylic acids is 3. The van der Waals surface area contributed by atoms with Crippen LogP contribution in [0.4, 0.5) is 14.5 Å². The summed E-state index contributed by atoms with van der Waals surface area (Å²) in [4.78, 5) is 39.0. The molecule has 0 radical (unpaired) electrons. The highest BCUT2D eigenvalue weighted by molar-refractivity contribution is 5.97. The molecule has 0 aromatic heterocycles. The number of esters is 1. The third-order valence-electron chi connectivity index (χ3n) is 5.86. The highest BCUT2D eigenvalue weighted by Gasteiger charge is 2.31. The molecule has 0 saturated heterocycles. The zero-order valence-corrected chi connectivity index (χ0v) is 18.6. The van der Waals surface area contributed by atoms with Crippen molar-refractivity contribution in [1.29, 1.82) is 0 Å². The lowest BCUT2D eigenvalue weighted by Gasteiger charge is -2.33. The molecule has 2 amide bonds. The monoisotopic (exact) mass is 458 g/mol. The molecule has 2 aromatic rings. The van der Waals surface area contributed by atoms with Gasteiger partial charge in [-0.15, -0.1) is 0 Å². The van der Waals surface area contributed by atoms with Crippen molar-refractivity contribution in [3.05, 3.63) is 65.7 Å². The molecule has 0 spiro atoms. The zero-order chi connectivity index (χ0) is 23.8. The van der Waals surface area contributed by atoms with Crippen molar-refractivity contribution >= 4 is 23.5 Å². The van der Waals surface area contributed by atoms with E-state index in [4.69, 9.17) is 4.74 Å². The van der Waals surface area contributed by atoms with Gasteiger partial charge in [-0.3, -0.25) is 14.4 Å². The number of methoxy groups -OCH3 is 1. The van der Waals surface area contributed by atoms with Gasteiger partial charge in [0.25, 0.3) is 0 Å². The minimum Gasteiger partial charge on any atom is -0.468 e. The Kier molecular flexibility index (Phi) is 8.52. The molecule has 176 valence electrons. The van der Waals surface area contributed by atoms with Crippen molar-refractivity contribution in [2.75, 3.05) is 18.6 Å². The molecule has 3 rings (SSSR count). The number of ether oxygens (including phenoxy) is 1. The van der Waals surface area contributed by atoms with E-state index < -0.39 is 17.6 Å². The fourth-order valence-corrected chi connectivity index (χ4v) is 4.26. The van der Waals surface area contributed by atoms with E-state index in [1.807, 2.05) is 6.07 Å². The summed E-state index contributed by atoms with van der Waals surface area (Å²) in [7, 11) is 1.27. The van der Waals surface area contributed by atoms with Crippen molar-refractivity contribution in [2.45, 2.75) is 44.6 Å². The molecular formula is C25H28F2N2O4. The second kappa shape index (κ2) is 11.5. The van der Waals surface area contributed by atoms with Crippen molar-refractivity contribution in [2.24, 2.45) is 5.92 Å². The van der Waals surface area contributed by atoms with Crippen molar-refractivity contribution in [3.63, 3.8) is 0 Å². The molecule has 0 bridgehead atoms. The van der Waals surface area contributed by atoms with Gasteiger partial charge in [0, 0.05) is 24.2 Å². The maximum Gasteiger partial charge on any atom is 0.325 e. The molecular weight excluding hydrogens is 430 g/mol. The van der Waals surface area contributed by atoms with Gasteiger partial charge in [0.2, 0.25) is 11.8 Å². The lowest BCUT2D eigenvalue weighted by Crippen LogP contribution is -2.45. The average Bonchev–Trinajstić information content (AvgIpc) is 2.78. The van der Waals surface area contributed by atoms with E-state index in [2.05, 4.69) is 5.32 Å². The molecule has 0 aliphatic heterocycles. The topological polar surface area (TPSA) is 75.7 Å². The number of benzene rings is 2. The Hall–Kier alpha value is -3.29. The number of hydrogen-bond acceptors (Lipinski definition) is 4. The average molecular weight is 459 g/mol. The second-order valence-corrected chi connectivity index (χ2v) is 8.27. The summed E-state index contributed by atoms with van der Waals surface area (Å²) in [6, 6.07) is 11.7. The highest BCUT2D eigenvalue weighted by Crippen LogP contribution is 2.29. The molecule has 1 fully saturated rings. The first-order valence-corrected chi connectivity index (χ1v) is 11.0. The molecule has 1 saturated carbocycles. The molecule has 2 atom stereocenters. The summed E-state index contributed by atoms with van der Waals surface area (Å²) in [5.74, 6) is -2.67. The minimum atomic E-state index is -0.731. The summed E-state index contributed by atoms with van der Waals surface area (Å²) >= 11 is 0. The molecule has 1 aliphatic rings. The summed E-state index contributed by atoms with van der Waals surface area (Å²) in [6.07, 6.45) is 3.32. The first-order valence-electron chi connectivity index (χ1n) is 11.0. The van der Waals surface area contributed by atoms with Gasteiger partial charge in [-0.1, -0.05) is 31.0 Å². The van der Waals surface area contributed by atoms with Gasteiger partial charge in [-0.2, -0.15) is 0 Å². The molecule has 1 aliphatic carbocycles. The van der Waals surface area contributed by atoms with Crippen molar-refractivity contribution in [3.8, 4) is 0 Å². The molecule has 2 aromatic carbocycles. The number of halogens is 2. The van der Waals surface area contributed by atoms with Crippen molar-refractivity contribution in [1.82, 2.24) is 5.32 Å². The Bertz CT molecular complexity index is 963. The van der Waals surface area contributed by atoms with Gasteiger partial charge in [-0.25, -0.2) is 8.78 Å². The number of nitrogens with zero attached hydrogens (tertiary/aromatic N) is 1. The van der Waals surface area contributed by atoms with Crippen LogP contribution in [0.15, 0.2) is 48.5 Å². The lowest BCUT2D eigenvalue weighted by atomic mass is 9.82. The third-order valence-corrected chi connectivity index (χ3v) is 5.86. The minimum absolute atomic E-state index is 0.108. The molecule has 1 N–H and O–H groups in total. The van der Waals surface area contributed by atoms with E-state index in [0.717, 1.165) is 37.5 Å². The van der Waals surface area contributed by atoms with Crippen LogP contribution in [0.1, 0.15) is 37.7 Å². The first kappa shape index (κ1) is 24.4. The van der Waals surface area contributed by atoms with Crippen molar-refractivity contribution < 1.29 is 27.9 Å². The number of anilines is 1. The van der Waals surface area contributed by atoms with Gasteiger partial charge in [-0.05, 0) is 48.6 Å². The highest BCUT2D eigenvalue weighted by atomic mass is 19.1. The van der Waals surface area contributed by atoms with Crippen LogP contribution in [-0.4, -0.2) is 37.5 Å². The predicted molar refractivity (Wildman–Crippen MR) is 119 cm³/mol. The van der Waals surface area contributed by atoms with E-state index >= 15 is 0 Å². The maximum atomic E-state index is 13.4. The summed E-state index contributed by atoms with van der Waals surface area (Å²) in [5.41, 5.74) is 0.846. The van der Waals surface area contributed by atoms with Gasteiger partial charge < -0.3 is 15.0 Å². The van der Waals surface area contributed by atoms with Crippen LogP contribution in [0.25, 0.3) is 0 Å². The molecule has 6 nitrogen and oxygen atoms in total. The van der Waals surface area contributed by atoms with E-state index in [9.17, 15) is 23.2 Å². The summed E-state index contributed by atoms with van der Waals surface area (Å²) in [6.45, 7) is -0.200. The predicted octanol–water partition coefficient (Wildman–Crippen LogP) is 3.78. The van der Waals surface area contributed by atoms with E-state index in [1.54, 1.807) is 24.3 Å². The van der Waals surface area contributed by atoms with Crippen LogP contribution in [-0.2, 0) is 25.5 Å². The molecule has 33 heavy (non-hydrogen) atoms. The normalized spacial score (nSPS) is 17.8. The van der Waals surface area contributed by atoms with Gasteiger partial charge >= 0.3 is 5.97 Å². The van der Waals surface area contributed by atoms with Crippen LogP contribution in [0.5, 0.6) is 0 Å². The third kappa shape index (κ3) is 7.10. The number of amides is 2. The Balaban J connectivity index is 1.67. The SMILES string of the molecule is COC(=O)CN(C(=O)CC1CCCC[C@@H]1NC(=O)Cc1cc(F)cc(F)c1)c1ccccc1. The zero-order valence-electron chi connectivity index (χ0n) is 18.6. The maximum absolute atomic E-state index is 13.4. The van der Waals surface area contributed by atoms with E-state index in [-0.39, 0.29) is 48.7 Å². The van der Waals surface area contributed by atoms with Crippen LogP contribution in [0, 0.1) is 17.6 Å². The van der Waals surface area contributed by atoms with Crippen LogP contribution in [0.2, 0.25) is 0 Å². The summed E-state index contributed by atoms with van der Waals surface area (Å²) in [5, 5.41) is 2.95. The Morgan fingerprint density at radius 1 is 1.03 bits per heavy atom. The Labute approximate surface area is 191 Å². The van der Waals surface area contributed by atoms with Crippen LogP contribution >= 0.6 is 0 Å². The molecule has 1 unspecified atom stereocenters. The van der Waals surface area contributed by atoms with Gasteiger partial charge in [0.1, 0.15) is 18.2 Å². The summed E-state index contributed by atoms with van der Waals surface area (Å²) < 4.78 is 31.6. The van der Waals surface area contributed by atoms with Crippen LogP contribution in [0.3, 0.4) is 0 Å². The Morgan fingerprint density at radius 3 is 2.36 bits per heavy atom. The number of carbonyl (C=O) groups is 3. The number of nitrogens with one attached hydrogen (secondary N) is 1. The fraction of sp³-hybridized carbons (Fsp3) is 0.400. The lowest BCUT2D eigenvalue weighted by molar-refractivity contribution is -0.140. The largest absolute Gasteiger partial charge is 0.468 e. The van der Waals surface area contributed by atoms with Gasteiger partial charge in [0.05, 0.1) is 13.5 Å². The molecule has 0 heterocycles. The second-order valence-electron chi connectivity index (χ2n) is 8.27. The number of para-hydroxylation sites is 1. The quantitative estimate of drug-likeness (QED) is 0.611. The first-order chi connectivity index (χ1) is 15.9. The van der Waals surface area contributed by atoms with Crippen LogP contribution < -0.4 is 10.2 Å². The fourth-order valence-electron chi connectivity index (χ4n) is 4.26. The Morgan fingerprint density at radius 2 is 1.70 bits per heavy atom. The molecule has 8 heteroatoms. The smallest absolute Gasteiger partial charge is 0.325 e. The van der Waals surface area contributed by atoms with E-state index in [0.29, 0.717) is 12.1 Å². The standard InChI is InChI=1S/C25H28F2N2O4/c1-33-25(32)16-29(21-8-3-2-4-9-21)24(31)14-18-7-5-6-10-22(18)28-23(30)13-17-11-19(26)15-20(27)12-17/h2-4,8-9,11-12,15,18,22H,5-7,10,13-14,16H2,1H3,(H,28,30)/t18?,22-/m0/s1. The number of rotatable bonds is 8. The van der Waals surface area contributed by atoms with E-state index in [1.165, 1.54) is 12.0 Å². The van der Waals surface area contributed by atoms with Gasteiger partial charge in [0.15, 0.2) is 0 Å². The number of hydrogen-bond donors (Lipinski definition) is 1.